The van der Waals surface area contributed by atoms with Gasteiger partial charge < -0.3 is 5.32 Å². The largest absolute Gasteiger partial charge is 0.348 e. The summed E-state index contributed by atoms with van der Waals surface area (Å²) < 4.78 is 0. The molecule has 2 aliphatic heterocycles. The lowest BCUT2D eigenvalue weighted by Gasteiger charge is -2.21. The number of nitrogens with one attached hydrogen (secondary N) is 1. The summed E-state index contributed by atoms with van der Waals surface area (Å²) in [5, 5.41) is 3.58. The van der Waals surface area contributed by atoms with E-state index in [1.807, 2.05) is 0 Å². The molecule has 0 aliphatic carbocycles. The van der Waals surface area contributed by atoms with Gasteiger partial charge in [0.2, 0.25) is 0 Å². The molecule has 102 valence electrons. The number of amides is 1. The Morgan fingerprint density at radius 2 is 2.00 bits per heavy atom. The number of hydrogen-bond donors (Lipinski definition) is 1. The average Bonchev–Trinajstić information content (AvgIpc) is 2.92. The Balaban J connectivity index is 1.71. The van der Waals surface area contributed by atoms with Crippen LogP contribution in [0.2, 0.25) is 10.3 Å². The molecule has 19 heavy (non-hydrogen) atoms. The predicted molar refractivity (Wildman–Crippen MR) is 74.7 cm³/mol. The van der Waals surface area contributed by atoms with Gasteiger partial charge in [0.1, 0.15) is 10.3 Å². The lowest BCUT2D eigenvalue weighted by Crippen LogP contribution is -2.42. The van der Waals surface area contributed by atoms with Gasteiger partial charge in [0, 0.05) is 24.2 Å². The Morgan fingerprint density at radius 1 is 1.26 bits per heavy atom. The fraction of sp³-hybridized carbons (Fsp3) is 0.538. The number of nitrogens with zero attached hydrogens (tertiary/aromatic N) is 2. The number of pyridine rings is 1. The van der Waals surface area contributed by atoms with E-state index >= 15 is 0 Å². The van der Waals surface area contributed by atoms with Gasteiger partial charge in [0.25, 0.3) is 5.91 Å². The highest BCUT2D eigenvalue weighted by atomic mass is 35.5. The van der Waals surface area contributed by atoms with Crippen molar-refractivity contribution in [3.05, 3.63) is 28.0 Å². The lowest BCUT2D eigenvalue weighted by atomic mass is 10.1. The molecule has 2 saturated heterocycles. The summed E-state index contributed by atoms with van der Waals surface area (Å²) in [6.07, 6.45) is 3.41. The van der Waals surface area contributed by atoms with E-state index in [0.717, 1.165) is 19.5 Å². The minimum atomic E-state index is -0.120. The lowest BCUT2D eigenvalue weighted by molar-refractivity contribution is 0.0929. The zero-order valence-electron chi connectivity index (χ0n) is 10.4. The Kier molecular flexibility index (Phi) is 3.65. The Hall–Kier alpha value is -0.840. The molecule has 1 amide bonds. The molecule has 1 N–H and O–H groups in total. The van der Waals surface area contributed by atoms with Crippen LogP contribution in [-0.2, 0) is 0 Å². The number of carbonyl (C=O) groups is 1. The van der Waals surface area contributed by atoms with E-state index in [9.17, 15) is 4.79 Å². The van der Waals surface area contributed by atoms with Crippen molar-refractivity contribution >= 4 is 29.1 Å². The van der Waals surface area contributed by atoms with Crippen LogP contribution in [0.4, 0.5) is 0 Å². The molecule has 2 fully saturated rings. The van der Waals surface area contributed by atoms with Gasteiger partial charge in [-0.25, -0.2) is 4.98 Å². The van der Waals surface area contributed by atoms with E-state index in [-0.39, 0.29) is 22.3 Å². The van der Waals surface area contributed by atoms with Gasteiger partial charge in [-0.3, -0.25) is 9.69 Å². The van der Waals surface area contributed by atoms with Crippen LogP contribution in [0.5, 0.6) is 0 Å². The van der Waals surface area contributed by atoms with Crippen LogP contribution in [0, 0.1) is 0 Å². The minimum Gasteiger partial charge on any atom is -0.348 e. The zero-order valence-corrected chi connectivity index (χ0v) is 11.9. The smallest absolute Gasteiger partial charge is 0.251 e. The third kappa shape index (κ3) is 2.71. The van der Waals surface area contributed by atoms with Gasteiger partial charge in [-0.1, -0.05) is 23.2 Å². The van der Waals surface area contributed by atoms with Crippen molar-refractivity contribution in [2.45, 2.75) is 31.3 Å². The average molecular weight is 300 g/mol. The van der Waals surface area contributed by atoms with Crippen LogP contribution in [0.25, 0.3) is 0 Å². The maximum Gasteiger partial charge on any atom is 0.251 e. The topological polar surface area (TPSA) is 45.2 Å². The molecule has 1 aromatic heterocycles. The number of hydrogen-bond acceptors (Lipinski definition) is 3. The molecule has 1 aromatic rings. The molecule has 6 heteroatoms. The van der Waals surface area contributed by atoms with Crippen molar-refractivity contribution in [3.63, 3.8) is 0 Å². The second-order valence-corrected chi connectivity index (χ2v) is 5.89. The van der Waals surface area contributed by atoms with Gasteiger partial charge in [-0.05, 0) is 37.9 Å². The van der Waals surface area contributed by atoms with E-state index < -0.39 is 0 Å². The van der Waals surface area contributed by atoms with Gasteiger partial charge in [0.05, 0.1) is 0 Å². The van der Waals surface area contributed by atoms with Gasteiger partial charge in [-0.2, -0.15) is 0 Å². The molecule has 0 saturated carbocycles. The highest BCUT2D eigenvalue weighted by Gasteiger charge is 2.37. The van der Waals surface area contributed by atoms with Gasteiger partial charge in [0.15, 0.2) is 0 Å². The standard InChI is InChI=1S/C13H15Cl2N3O/c14-11-6-8(7-12(15)17-11)13(19)16-9-3-5-18-4-1-2-10(9)18/h6-7,9-10H,1-5H2,(H,16,19). The van der Waals surface area contributed by atoms with Crippen molar-refractivity contribution in [1.29, 1.82) is 0 Å². The fourth-order valence-corrected chi connectivity index (χ4v) is 3.56. The summed E-state index contributed by atoms with van der Waals surface area (Å²) in [7, 11) is 0. The molecular weight excluding hydrogens is 285 g/mol. The molecule has 2 unspecified atom stereocenters. The number of carbonyl (C=O) groups excluding carboxylic acids is 1. The maximum absolute atomic E-state index is 12.2. The number of rotatable bonds is 2. The Morgan fingerprint density at radius 3 is 2.74 bits per heavy atom. The van der Waals surface area contributed by atoms with Crippen molar-refractivity contribution in [1.82, 2.24) is 15.2 Å². The molecule has 4 nitrogen and oxygen atoms in total. The van der Waals surface area contributed by atoms with E-state index in [4.69, 9.17) is 23.2 Å². The Bertz CT molecular complexity index is 488. The molecule has 3 rings (SSSR count). The summed E-state index contributed by atoms with van der Waals surface area (Å²) in [6, 6.07) is 3.83. The molecular formula is C13H15Cl2N3O. The zero-order chi connectivity index (χ0) is 13.4. The van der Waals surface area contributed by atoms with Crippen LogP contribution in [0.1, 0.15) is 29.6 Å². The van der Waals surface area contributed by atoms with Gasteiger partial charge in [-0.15, -0.1) is 0 Å². The van der Waals surface area contributed by atoms with Crippen LogP contribution in [0.15, 0.2) is 12.1 Å². The fourth-order valence-electron chi connectivity index (χ4n) is 3.10. The summed E-state index contributed by atoms with van der Waals surface area (Å²) in [5.41, 5.74) is 0.474. The highest BCUT2D eigenvalue weighted by Crippen LogP contribution is 2.28. The van der Waals surface area contributed by atoms with Crippen LogP contribution in [-0.4, -0.2) is 41.0 Å². The highest BCUT2D eigenvalue weighted by molar-refractivity contribution is 6.33. The predicted octanol–water partition coefficient (Wildman–Crippen LogP) is 2.35. The Labute approximate surface area is 122 Å². The normalized spacial score (nSPS) is 26.4. The first kappa shape index (κ1) is 13.2. The number of fused-ring (bicyclic) bond motifs is 1. The monoisotopic (exact) mass is 299 g/mol. The molecule has 0 spiro atoms. The second-order valence-electron chi connectivity index (χ2n) is 5.12. The third-order valence-electron chi connectivity index (χ3n) is 3.95. The third-order valence-corrected chi connectivity index (χ3v) is 4.33. The van der Waals surface area contributed by atoms with E-state index in [1.165, 1.54) is 12.8 Å². The summed E-state index contributed by atoms with van der Waals surface area (Å²) in [5.74, 6) is -0.120. The minimum absolute atomic E-state index is 0.120. The molecule has 0 bridgehead atoms. The van der Waals surface area contributed by atoms with Crippen LogP contribution >= 0.6 is 23.2 Å². The first-order valence-electron chi connectivity index (χ1n) is 6.51. The number of aromatic nitrogens is 1. The van der Waals surface area contributed by atoms with E-state index in [2.05, 4.69) is 15.2 Å². The molecule has 3 heterocycles. The quantitative estimate of drug-likeness (QED) is 0.853. The second kappa shape index (κ2) is 5.27. The molecule has 2 aliphatic rings. The van der Waals surface area contributed by atoms with Crippen molar-refractivity contribution in [2.24, 2.45) is 0 Å². The maximum atomic E-state index is 12.2. The van der Waals surface area contributed by atoms with E-state index in [1.54, 1.807) is 12.1 Å². The summed E-state index contributed by atoms with van der Waals surface area (Å²) >= 11 is 11.6. The van der Waals surface area contributed by atoms with Crippen molar-refractivity contribution in [3.8, 4) is 0 Å². The molecule has 2 atom stereocenters. The van der Waals surface area contributed by atoms with E-state index in [0.29, 0.717) is 11.6 Å². The molecule has 0 radical (unpaired) electrons. The van der Waals surface area contributed by atoms with Crippen LogP contribution < -0.4 is 5.32 Å². The van der Waals surface area contributed by atoms with Crippen molar-refractivity contribution in [2.75, 3.05) is 13.1 Å². The van der Waals surface area contributed by atoms with Gasteiger partial charge >= 0.3 is 0 Å². The first-order valence-corrected chi connectivity index (χ1v) is 7.27. The number of halogens is 2. The van der Waals surface area contributed by atoms with Crippen molar-refractivity contribution < 1.29 is 4.79 Å². The SMILES string of the molecule is O=C(NC1CCN2CCCC12)c1cc(Cl)nc(Cl)c1. The molecule has 0 aromatic carbocycles. The van der Waals surface area contributed by atoms with Crippen LogP contribution in [0.3, 0.4) is 0 Å². The summed E-state index contributed by atoms with van der Waals surface area (Å²) in [6.45, 7) is 2.23. The summed E-state index contributed by atoms with van der Waals surface area (Å²) in [4.78, 5) is 18.5. The first-order chi connectivity index (χ1) is 9.13.